The molecule has 2 N–H and O–H groups in total. The first kappa shape index (κ1) is 12.9. The van der Waals surface area contributed by atoms with Crippen LogP contribution in [0.5, 0.6) is 0 Å². The van der Waals surface area contributed by atoms with E-state index in [9.17, 15) is 4.79 Å². The van der Waals surface area contributed by atoms with Gasteiger partial charge in [-0.3, -0.25) is 5.32 Å². The number of nitrogens with zero attached hydrogens (tertiary/aromatic N) is 1. The van der Waals surface area contributed by atoms with Crippen LogP contribution in [-0.2, 0) is 4.74 Å². The van der Waals surface area contributed by atoms with Crippen molar-refractivity contribution in [3.05, 3.63) is 29.8 Å². The molecule has 1 rings (SSSR count). The molecule has 1 aromatic rings. The van der Waals surface area contributed by atoms with Crippen molar-refractivity contribution < 1.29 is 9.53 Å². The molecular formula is C11H11N3O2S. The molecule has 0 aromatic heterocycles. The smallest absolute Gasteiger partial charge is 0.413 e. The number of nitriles is 1. The topological polar surface area (TPSA) is 74.2 Å². The number of thiocarbonyl (C=S) groups is 1. The molecule has 0 atom stereocenters. The average molecular weight is 249 g/mol. The highest BCUT2D eigenvalue weighted by molar-refractivity contribution is 7.80. The highest BCUT2D eigenvalue weighted by Gasteiger charge is 2.04. The van der Waals surface area contributed by atoms with E-state index in [4.69, 9.17) is 17.5 Å². The lowest BCUT2D eigenvalue weighted by molar-refractivity contribution is 0.158. The molecule has 0 heterocycles. The molecule has 0 radical (unpaired) electrons. The van der Waals surface area contributed by atoms with Gasteiger partial charge in [-0.1, -0.05) is 6.07 Å². The number of alkyl carbamates (subject to hydrolysis) is 1. The molecule has 17 heavy (non-hydrogen) atoms. The Labute approximate surface area is 104 Å². The number of anilines is 1. The first-order chi connectivity index (χ1) is 8.15. The van der Waals surface area contributed by atoms with E-state index < -0.39 is 6.09 Å². The number of hydrogen-bond acceptors (Lipinski definition) is 4. The van der Waals surface area contributed by atoms with Crippen LogP contribution < -0.4 is 10.6 Å². The number of ether oxygens (including phenoxy) is 1. The van der Waals surface area contributed by atoms with E-state index in [1.165, 1.54) is 0 Å². The predicted molar refractivity (Wildman–Crippen MR) is 67.5 cm³/mol. The molecular weight excluding hydrogens is 238 g/mol. The minimum atomic E-state index is -0.610. The van der Waals surface area contributed by atoms with Crippen LogP contribution >= 0.6 is 12.2 Å². The van der Waals surface area contributed by atoms with Crippen LogP contribution in [0.4, 0.5) is 10.5 Å². The van der Waals surface area contributed by atoms with Gasteiger partial charge in [0.1, 0.15) is 0 Å². The van der Waals surface area contributed by atoms with Crippen LogP contribution in [0.15, 0.2) is 24.3 Å². The Morgan fingerprint density at radius 3 is 3.00 bits per heavy atom. The van der Waals surface area contributed by atoms with Gasteiger partial charge in [0.2, 0.25) is 0 Å². The number of carbonyl (C=O) groups is 1. The SMILES string of the molecule is CCOC(=O)NC(=S)Nc1cccc(C#N)c1. The molecule has 0 aliphatic carbocycles. The Kier molecular flexibility index (Phi) is 4.91. The maximum atomic E-state index is 11.1. The van der Waals surface area contributed by atoms with Crippen LogP contribution in [0.1, 0.15) is 12.5 Å². The molecule has 0 spiro atoms. The van der Waals surface area contributed by atoms with Gasteiger partial charge in [-0.2, -0.15) is 5.26 Å². The molecule has 0 aliphatic rings. The van der Waals surface area contributed by atoms with Crippen LogP contribution in [-0.4, -0.2) is 17.8 Å². The third-order valence-corrected chi connectivity index (χ3v) is 1.94. The lowest BCUT2D eigenvalue weighted by Crippen LogP contribution is -2.34. The fraction of sp³-hybridized carbons (Fsp3) is 0.182. The number of hydrogen-bond donors (Lipinski definition) is 2. The van der Waals surface area contributed by atoms with Crippen molar-refractivity contribution >= 4 is 29.1 Å². The van der Waals surface area contributed by atoms with Crippen LogP contribution in [0.25, 0.3) is 0 Å². The largest absolute Gasteiger partial charge is 0.450 e. The van der Waals surface area contributed by atoms with Gasteiger partial charge in [0.25, 0.3) is 0 Å². The summed E-state index contributed by atoms with van der Waals surface area (Å²) >= 11 is 4.90. The number of carbonyl (C=O) groups excluding carboxylic acids is 1. The first-order valence-electron chi connectivity index (χ1n) is 4.90. The normalized spacial score (nSPS) is 8.94. The summed E-state index contributed by atoms with van der Waals surface area (Å²) in [6.45, 7) is 1.98. The van der Waals surface area contributed by atoms with E-state index in [-0.39, 0.29) is 11.7 Å². The summed E-state index contributed by atoms with van der Waals surface area (Å²) in [5.41, 5.74) is 1.14. The van der Waals surface area contributed by atoms with E-state index in [0.29, 0.717) is 11.3 Å². The highest BCUT2D eigenvalue weighted by Crippen LogP contribution is 2.09. The second-order valence-corrected chi connectivity index (χ2v) is 3.40. The third kappa shape index (κ3) is 4.49. The summed E-state index contributed by atoms with van der Waals surface area (Å²) in [6.07, 6.45) is -0.610. The molecule has 6 heteroatoms. The van der Waals surface area contributed by atoms with Gasteiger partial charge in [0, 0.05) is 5.69 Å². The van der Waals surface area contributed by atoms with E-state index in [2.05, 4.69) is 15.4 Å². The minimum absolute atomic E-state index is 0.124. The summed E-state index contributed by atoms with van der Waals surface area (Å²) in [7, 11) is 0. The molecule has 0 saturated carbocycles. The number of nitrogens with one attached hydrogen (secondary N) is 2. The quantitative estimate of drug-likeness (QED) is 0.784. The van der Waals surface area contributed by atoms with E-state index in [1.54, 1.807) is 31.2 Å². The molecule has 0 bridgehead atoms. The molecule has 5 nitrogen and oxygen atoms in total. The van der Waals surface area contributed by atoms with Gasteiger partial charge >= 0.3 is 6.09 Å². The summed E-state index contributed by atoms with van der Waals surface area (Å²) in [6, 6.07) is 8.76. The molecule has 0 fully saturated rings. The maximum absolute atomic E-state index is 11.1. The summed E-state index contributed by atoms with van der Waals surface area (Å²) in [4.78, 5) is 11.1. The molecule has 1 amide bonds. The zero-order valence-electron chi connectivity index (χ0n) is 9.19. The Bertz CT molecular complexity index is 468. The summed E-state index contributed by atoms with van der Waals surface area (Å²) in [5, 5.41) is 14.0. The Morgan fingerprint density at radius 1 is 1.59 bits per heavy atom. The second-order valence-electron chi connectivity index (χ2n) is 2.99. The summed E-state index contributed by atoms with van der Waals surface area (Å²) < 4.78 is 4.67. The second kappa shape index (κ2) is 6.45. The zero-order valence-corrected chi connectivity index (χ0v) is 10.0. The van der Waals surface area contributed by atoms with E-state index in [1.807, 2.05) is 6.07 Å². The first-order valence-corrected chi connectivity index (χ1v) is 5.31. The monoisotopic (exact) mass is 249 g/mol. The lowest BCUT2D eigenvalue weighted by Gasteiger charge is -2.09. The Morgan fingerprint density at radius 2 is 2.35 bits per heavy atom. The standard InChI is InChI=1S/C11H11N3O2S/c1-2-16-11(15)14-10(17)13-9-5-3-4-8(6-9)7-12/h3-6H,2H2,1H3,(H2,13,14,15,17). The van der Waals surface area contributed by atoms with Gasteiger partial charge in [-0.15, -0.1) is 0 Å². The Hall–Kier alpha value is -2.13. The molecule has 0 unspecified atom stereocenters. The number of amides is 1. The van der Waals surface area contributed by atoms with Crippen molar-refractivity contribution in [1.82, 2.24) is 5.32 Å². The van der Waals surface area contributed by atoms with Crippen LogP contribution in [0.2, 0.25) is 0 Å². The van der Waals surface area contributed by atoms with Crippen molar-refractivity contribution in [2.45, 2.75) is 6.92 Å². The summed E-state index contributed by atoms with van der Waals surface area (Å²) in [5.74, 6) is 0. The highest BCUT2D eigenvalue weighted by atomic mass is 32.1. The van der Waals surface area contributed by atoms with Crippen molar-refractivity contribution in [2.24, 2.45) is 0 Å². The van der Waals surface area contributed by atoms with E-state index in [0.717, 1.165) is 0 Å². The fourth-order valence-corrected chi connectivity index (χ4v) is 1.29. The van der Waals surface area contributed by atoms with Crippen molar-refractivity contribution in [3.63, 3.8) is 0 Å². The van der Waals surface area contributed by atoms with Crippen LogP contribution in [0.3, 0.4) is 0 Å². The minimum Gasteiger partial charge on any atom is -0.450 e. The van der Waals surface area contributed by atoms with Crippen molar-refractivity contribution in [1.29, 1.82) is 5.26 Å². The maximum Gasteiger partial charge on any atom is 0.413 e. The van der Waals surface area contributed by atoms with Gasteiger partial charge in [0.15, 0.2) is 5.11 Å². The van der Waals surface area contributed by atoms with Gasteiger partial charge in [-0.05, 0) is 37.3 Å². The lowest BCUT2D eigenvalue weighted by atomic mass is 10.2. The average Bonchev–Trinajstić information content (AvgIpc) is 2.29. The molecule has 1 aromatic carbocycles. The number of benzene rings is 1. The number of rotatable bonds is 2. The fourth-order valence-electron chi connectivity index (χ4n) is 1.09. The van der Waals surface area contributed by atoms with Crippen molar-refractivity contribution in [3.8, 4) is 6.07 Å². The Balaban J connectivity index is 2.56. The molecule has 0 saturated heterocycles. The predicted octanol–water partition coefficient (Wildman–Crippen LogP) is 2.00. The van der Waals surface area contributed by atoms with Gasteiger partial charge in [0.05, 0.1) is 18.2 Å². The third-order valence-electron chi connectivity index (χ3n) is 1.74. The van der Waals surface area contributed by atoms with Crippen LogP contribution in [0, 0.1) is 11.3 Å². The zero-order chi connectivity index (χ0) is 12.7. The molecule has 88 valence electrons. The molecule has 0 aliphatic heterocycles. The van der Waals surface area contributed by atoms with E-state index >= 15 is 0 Å². The van der Waals surface area contributed by atoms with Crippen molar-refractivity contribution in [2.75, 3.05) is 11.9 Å². The van der Waals surface area contributed by atoms with Gasteiger partial charge < -0.3 is 10.1 Å². The van der Waals surface area contributed by atoms with Gasteiger partial charge in [-0.25, -0.2) is 4.79 Å².